The Morgan fingerprint density at radius 1 is 1.19 bits per heavy atom. The van der Waals surface area contributed by atoms with E-state index in [-0.39, 0.29) is 5.91 Å². The molecule has 2 aromatic rings. The van der Waals surface area contributed by atoms with Gasteiger partial charge in [0.25, 0.3) is 5.91 Å². The zero-order valence-corrected chi connectivity index (χ0v) is 23.8. The Bertz CT molecular complexity index is 1200. The third-order valence-electron chi connectivity index (χ3n) is 6.47. The Morgan fingerprint density at radius 3 is 2.46 bits per heavy atom. The van der Waals surface area contributed by atoms with Gasteiger partial charge in [-0.25, -0.2) is 15.0 Å². The van der Waals surface area contributed by atoms with Crippen LogP contribution in [0.25, 0.3) is 0 Å². The van der Waals surface area contributed by atoms with Crippen molar-refractivity contribution in [3.05, 3.63) is 70.8 Å². The van der Waals surface area contributed by atoms with E-state index >= 15 is 0 Å². The summed E-state index contributed by atoms with van der Waals surface area (Å²) >= 11 is 0. The molecule has 37 heavy (non-hydrogen) atoms. The first-order valence-electron chi connectivity index (χ1n) is 12.9. The van der Waals surface area contributed by atoms with E-state index in [1.807, 2.05) is 43.1 Å². The van der Waals surface area contributed by atoms with Crippen LogP contribution in [0.15, 0.2) is 58.3 Å². The summed E-state index contributed by atoms with van der Waals surface area (Å²) in [4.78, 5) is 29.4. The van der Waals surface area contributed by atoms with Crippen LogP contribution in [0.2, 0.25) is 0 Å². The van der Waals surface area contributed by atoms with Gasteiger partial charge in [0.15, 0.2) is 0 Å². The van der Waals surface area contributed by atoms with Crippen LogP contribution < -0.4 is 11.1 Å². The number of carbonyl (C=O) groups excluding carboxylic acids is 1. The molecule has 3 N–H and O–H groups in total. The molecule has 1 aliphatic rings. The van der Waals surface area contributed by atoms with E-state index in [1.165, 1.54) is 5.69 Å². The fourth-order valence-electron chi connectivity index (χ4n) is 4.42. The maximum atomic E-state index is 13.0. The van der Waals surface area contributed by atoms with Crippen molar-refractivity contribution in [2.75, 3.05) is 32.8 Å². The second-order valence-electron chi connectivity index (χ2n) is 8.99. The number of nitrogens with one attached hydrogen (secondary N) is 1. The maximum absolute atomic E-state index is 13.0. The number of allylic oxidation sites excluding steroid dienone is 3. The molecule has 1 amide bonds. The number of hydrogen-bond donors (Lipinski definition) is 2. The minimum Gasteiger partial charge on any atom is -0.400 e. The molecule has 1 aliphatic heterocycles. The van der Waals surface area contributed by atoms with E-state index in [0.29, 0.717) is 37.2 Å². The Balaban J connectivity index is 1.93. The van der Waals surface area contributed by atoms with Crippen molar-refractivity contribution in [2.24, 2.45) is 22.8 Å². The van der Waals surface area contributed by atoms with Gasteiger partial charge in [0.2, 0.25) is 5.95 Å². The highest BCUT2D eigenvalue weighted by Gasteiger charge is 2.18. The van der Waals surface area contributed by atoms with Gasteiger partial charge in [-0.1, -0.05) is 41.1 Å². The minimum absolute atomic E-state index is 0.0558. The molecule has 0 aliphatic carbocycles. The Kier molecular flexibility index (Phi) is 10.4. The van der Waals surface area contributed by atoms with Crippen molar-refractivity contribution in [1.82, 2.24) is 19.8 Å². The molecule has 1 fully saturated rings. The van der Waals surface area contributed by atoms with Crippen molar-refractivity contribution in [2.45, 2.75) is 40.0 Å². The van der Waals surface area contributed by atoms with Gasteiger partial charge in [0.1, 0.15) is 5.70 Å². The summed E-state index contributed by atoms with van der Waals surface area (Å²) in [7, 11) is 2.37. The molecule has 9 heteroatoms. The predicted octanol–water partition coefficient (Wildman–Crippen LogP) is 4.18. The average molecular weight is 522 g/mol. The summed E-state index contributed by atoms with van der Waals surface area (Å²) in [6.07, 6.45) is 4.43. The van der Waals surface area contributed by atoms with E-state index in [2.05, 4.69) is 37.0 Å². The van der Waals surface area contributed by atoms with Crippen molar-refractivity contribution in [3.63, 3.8) is 0 Å². The molecule has 1 unspecified atom stereocenters. The van der Waals surface area contributed by atoms with Crippen LogP contribution in [0.5, 0.6) is 0 Å². The minimum atomic E-state index is 0.0558. The molecule has 1 aromatic carbocycles. The van der Waals surface area contributed by atoms with Crippen LogP contribution >= 0.6 is 8.58 Å². The monoisotopic (exact) mass is 521 g/mol. The molecule has 1 saturated heterocycles. The number of nitrogens with zero attached hydrogens (tertiary/aromatic N) is 5. The predicted molar refractivity (Wildman–Crippen MR) is 157 cm³/mol. The molecule has 3 rings (SSSR count). The highest BCUT2D eigenvalue weighted by atomic mass is 31.1. The van der Waals surface area contributed by atoms with Gasteiger partial charge in [-0.15, -0.1) is 0 Å². The second kappa shape index (κ2) is 13.5. The number of hydrogen-bond acceptors (Lipinski definition) is 6. The smallest absolute Gasteiger partial charge is 0.253 e. The number of aliphatic imine (C=N–C) groups is 2. The normalized spacial score (nSPS) is 16.2. The van der Waals surface area contributed by atoms with E-state index < -0.39 is 0 Å². The summed E-state index contributed by atoms with van der Waals surface area (Å²) in [5.41, 5.74) is 12.8. The van der Waals surface area contributed by atoms with Gasteiger partial charge < -0.3 is 20.5 Å². The molecule has 1 atom stereocenters. The second-order valence-corrected chi connectivity index (χ2v) is 9.96. The van der Waals surface area contributed by atoms with Crippen molar-refractivity contribution in [1.29, 1.82) is 0 Å². The summed E-state index contributed by atoms with van der Waals surface area (Å²) < 4.78 is 2.05. The van der Waals surface area contributed by atoms with Gasteiger partial charge in [-0.2, -0.15) is 0 Å². The lowest BCUT2D eigenvalue weighted by atomic mass is 10.1. The van der Waals surface area contributed by atoms with Gasteiger partial charge in [0, 0.05) is 49.2 Å². The lowest BCUT2D eigenvalue weighted by Crippen LogP contribution is -2.34. The number of nitrogens with two attached hydrogens (primary N) is 1. The molecular weight excluding hydrogens is 481 g/mol. The number of aryl methyl sites for hydroxylation is 1. The first-order valence-corrected chi connectivity index (χ1v) is 14.4. The summed E-state index contributed by atoms with van der Waals surface area (Å²) in [5.74, 6) is 0.721. The number of benzene rings is 1. The average Bonchev–Trinajstić information content (AvgIpc) is 3.06. The first-order chi connectivity index (χ1) is 17.8. The number of rotatable bonds is 9. The maximum Gasteiger partial charge on any atom is 0.253 e. The van der Waals surface area contributed by atoms with Gasteiger partial charge in [-0.3, -0.25) is 4.79 Å². The molecular formula is C28H40N7OP. The van der Waals surface area contributed by atoms with Crippen LogP contribution in [-0.2, 0) is 19.9 Å². The third kappa shape index (κ3) is 6.82. The zero-order valence-electron chi connectivity index (χ0n) is 22.8. The zero-order chi connectivity index (χ0) is 26.9. The van der Waals surface area contributed by atoms with Crippen molar-refractivity contribution < 1.29 is 4.79 Å². The van der Waals surface area contributed by atoms with E-state index in [1.54, 1.807) is 6.08 Å². The highest BCUT2D eigenvalue weighted by molar-refractivity contribution is 7.58. The van der Waals surface area contributed by atoms with Gasteiger partial charge in [0.05, 0.1) is 16.9 Å². The molecule has 2 heterocycles. The van der Waals surface area contributed by atoms with E-state index in [9.17, 15) is 4.79 Å². The molecule has 8 nitrogen and oxygen atoms in total. The highest BCUT2D eigenvalue weighted by Crippen LogP contribution is 2.26. The number of imidazole rings is 1. The van der Waals surface area contributed by atoms with Crippen LogP contribution in [0, 0.1) is 0 Å². The van der Waals surface area contributed by atoms with E-state index in [4.69, 9.17) is 20.7 Å². The van der Waals surface area contributed by atoms with E-state index in [0.717, 1.165) is 62.2 Å². The molecule has 0 saturated carbocycles. The van der Waals surface area contributed by atoms with Crippen LogP contribution in [0.1, 0.15) is 54.5 Å². The van der Waals surface area contributed by atoms with Crippen molar-refractivity contribution in [3.8, 4) is 0 Å². The molecule has 0 bridgehead atoms. The number of carbonyl (C=O) groups is 1. The van der Waals surface area contributed by atoms with Crippen LogP contribution in [-0.4, -0.2) is 64.4 Å². The fourth-order valence-corrected chi connectivity index (χ4v) is 5.12. The fraction of sp³-hybridized carbons (Fsp3) is 0.429. The molecule has 0 radical (unpaired) electrons. The lowest BCUT2D eigenvalue weighted by molar-refractivity contribution is 0.0766. The summed E-state index contributed by atoms with van der Waals surface area (Å²) in [6.45, 7) is 15.4. The Labute approximate surface area is 222 Å². The summed E-state index contributed by atoms with van der Waals surface area (Å²) in [6, 6.07) is 7.55. The molecule has 1 aromatic heterocycles. The Morgan fingerprint density at radius 2 is 1.89 bits per heavy atom. The van der Waals surface area contributed by atoms with Gasteiger partial charge >= 0.3 is 0 Å². The van der Waals surface area contributed by atoms with Gasteiger partial charge in [-0.05, 0) is 57.6 Å². The topological polar surface area (TPSA) is 101 Å². The first kappa shape index (κ1) is 28.5. The lowest BCUT2D eigenvalue weighted by Gasteiger charge is -2.20. The third-order valence-corrected chi connectivity index (χ3v) is 7.29. The quantitative estimate of drug-likeness (QED) is 0.382. The van der Waals surface area contributed by atoms with Crippen LogP contribution in [0.3, 0.4) is 0 Å². The standard InChI is InChI=1S/C28H40N7OP/c1-7-22(20-11-13-21(14-12-20)27(36)35-17-10-15-30-16-18-35)31-25(19(4)29)26(37-6)33-28-32-23(8-2)24(9-3)34(28)5/h7,11-14,30,37H,1,8-10,15-18,29H2,2-6H3/b25-19+,31-22?,33-26?. The molecule has 198 valence electrons. The van der Waals surface area contributed by atoms with Crippen LogP contribution in [0.4, 0.5) is 5.95 Å². The van der Waals surface area contributed by atoms with Crippen molar-refractivity contribution >= 4 is 31.6 Å². The SMILES string of the molecule is C=CC(=N/C(C(=Nc1nc(CC)c(CC)n1C)PC)=C(\C)N)c1ccc(C(=O)N2CCCNCC2)cc1. The summed E-state index contributed by atoms with van der Waals surface area (Å²) in [5, 5.41) is 3.33. The number of amides is 1. The number of aromatic nitrogens is 2. The Hall–Kier alpha value is -3.09. The molecule has 0 spiro atoms. The largest absolute Gasteiger partial charge is 0.400 e.